The molecule has 3 aromatic rings. The highest BCUT2D eigenvalue weighted by Gasteiger charge is 2.10. The van der Waals surface area contributed by atoms with E-state index in [2.05, 4.69) is 36.7 Å². The minimum atomic E-state index is -1.04. The lowest BCUT2D eigenvalue weighted by molar-refractivity contribution is -0.117. The third-order valence-corrected chi connectivity index (χ3v) is 3.57. The van der Waals surface area contributed by atoms with Crippen LogP contribution in [0, 0.1) is 11.6 Å². The Bertz CT molecular complexity index is 882. The summed E-state index contributed by atoms with van der Waals surface area (Å²) in [4.78, 5) is 13.0. The molecule has 2 aromatic carbocycles. The third-order valence-electron chi connectivity index (χ3n) is 3.04. The van der Waals surface area contributed by atoms with Crippen LogP contribution in [0.1, 0.15) is 0 Å². The second-order valence-corrected chi connectivity index (χ2v) is 5.74. The van der Waals surface area contributed by atoms with Crippen LogP contribution in [0.25, 0.3) is 11.4 Å². The molecule has 24 heavy (non-hydrogen) atoms. The summed E-state index contributed by atoms with van der Waals surface area (Å²) < 4.78 is 26.9. The fraction of sp³-hybridized carbons (Fsp3) is 0.0667. The van der Waals surface area contributed by atoms with E-state index in [4.69, 9.17) is 0 Å². The fourth-order valence-electron chi connectivity index (χ4n) is 1.93. The van der Waals surface area contributed by atoms with Crippen LogP contribution in [0.5, 0.6) is 0 Å². The molecule has 0 radical (unpaired) electrons. The molecule has 0 fully saturated rings. The highest BCUT2D eigenvalue weighted by molar-refractivity contribution is 9.10. The van der Waals surface area contributed by atoms with Gasteiger partial charge in [-0.2, -0.15) is 4.80 Å². The largest absolute Gasteiger partial charge is 0.324 e. The third kappa shape index (κ3) is 3.80. The lowest BCUT2D eigenvalue weighted by atomic mass is 10.2. The van der Waals surface area contributed by atoms with Crippen molar-refractivity contribution in [2.45, 2.75) is 6.54 Å². The molecule has 9 heteroatoms. The van der Waals surface area contributed by atoms with Crippen molar-refractivity contribution >= 4 is 27.5 Å². The van der Waals surface area contributed by atoms with Crippen molar-refractivity contribution in [2.24, 2.45) is 0 Å². The number of nitrogens with zero attached hydrogens (tertiary/aromatic N) is 4. The average molecular weight is 394 g/mol. The zero-order chi connectivity index (χ0) is 17.1. The van der Waals surface area contributed by atoms with E-state index in [1.54, 1.807) is 0 Å². The molecule has 0 spiro atoms. The van der Waals surface area contributed by atoms with Crippen LogP contribution < -0.4 is 5.32 Å². The molecule has 0 aliphatic heterocycles. The molecule has 1 amide bonds. The molecule has 1 heterocycles. The molecule has 3 rings (SSSR count). The van der Waals surface area contributed by atoms with Crippen molar-refractivity contribution in [2.75, 3.05) is 5.32 Å². The number of carbonyl (C=O) groups excluding carboxylic acids is 1. The van der Waals surface area contributed by atoms with Crippen molar-refractivity contribution in [3.63, 3.8) is 0 Å². The zero-order valence-corrected chi connectivity index (χ0v) is 13.7. The van der Waals surface area contributed by atoms with Gasteiger partial charge in [-0.15, -0.1) is 10.2 Å². The number of amides is 1. The van der Waals surface area contributed by atoms with E-state index in [-0.39, 0.29) is 12.2 Å². The number of benzene rings is 2. The van der Waals surface area contributed by atoms with Gasteiger partial charge in [-0.05, 0) is 41.6 Å². The topological polar surface area (TPSA) is 72.7 Å². The monoisotopic (exact) mass is 393 g/mol. The van der Waals surface area contributed by atoms with Gasteiger partial charge in [0.25, 0.3) is 0 Å². The first-order valence-electron chi connectivity index (χ1n) is 6.80. The van der Waals surface area contributed by atoms with Crippen LogP contribution in [0.3, 0.4) is 0 Å². The fourth-order valence-corrected chi connectivity index (χ4v) is 2.19. The van der Waals surface area contributed by atoms with Crippen LogP contribution in [-0.2, 0) is 11.3 Å². The van der Waals surface area contributed by atoms with Gasteiger partial charge in [0, 0.05) is 21.8 Å². The van der Waals surface area contributed by atoms with Crippen molar-refractivity contribution < 1.29 is 13.6 Å². The molecule has 0 bridgehead atoms. The molecule has 122 valence electrons. The Hall–Kier alpha value is -2.68. The average Bonchev–Trinajstić information content (AvgIpc) is 3.00. The smallest absolute Gasteiger partial charge is 0.248 e. The number of nitrogens with one attached hydrogen (secondary N) is 1. The van der Waals surface area contributed by atoms with Gasteiger partial charge in [-0.1, -0.05) is 15.9 Å². The Balaban J connectivity index is 1.66. The molecule has 0 saturated carbocycles. The summed E-state index contributed by atoms with van der Waals surface area (Å²) in [6.07, 6.45) is 0. The number of hydrogen-bond acceptors (Lipinski definition) is 4. The lowest BCUT2D eigenvalue weighted by Gasteiger charge is -2.04. The first-order valence-corrected chi connectivity index (χ1v) is 7.59. The van der Waals surface area contributed by atoms with Crippen LogP contribution in [0.4, 0.5) is 14.5 Å². The summed E-state index contributed by atoms with van der Waals surface area (Å²) in [5.41, 5.74) is 0.901. The van der Waals surface area contributed by atoms with E-state index in [0.717, 1.165) is 27.0 Å². The van der Waals surface area contributed by atoms with Gasteiger partial charge >= 0.3 is 0 Å². The molecular weight excluding hydrogens is 384 g/mol. The molecular formula is C15H10BrF2N5O. The Morgan fingerprint density at radius 2 is 1.88 bits per heavy atom. The number of aromatic nitrogens is 4. The highest BCUT2D eigenvalue weighted by atomic mass is 79.9. The van der Waals surface area contributed by atoms with Gasteiger partial charge in [-0.3, -0.25) is 4.79 Å². The highest BCUT2D eigenvalue weighted by Crippen LogP contribution is 2.17. The summed E-state index contributed by atoms with van der Waals surface area (Å²) >= 11 is 3.33. The van der Waals surface area contributed by atoms with Crippen LogP contribution in [0.2, 0.25) is 0 Å². The van der Waals surface area contributed by atoms with Crippen molar-refractivity contribution in [1.29, 1.82) is 0 Å². The van der Waals surface area contributed by atoms with Gasteiger partial charge in [-0.25, -0.2) is 8.78 Å². The van der Waals surface area contributed by atoms with Gasteiger partial charge in [0.2, 0.25) is 11.7 Å². The number of anilines is 1. The van der Waals surface area contributed by atoms with Gasteiger partial charge in [0.05, 0.1) is 0 Å². The molecule has 0 atom stereocenters. The predicted molar refractivity (Wildman–Crippen MR) is 85.9 cm³/mol. The summed E-state index contributed by atoms with van der Waals surface area (Å²) in [5, 5.41) is 14.2. The number of rotatable bonds is 4. The van der Waals surface area contributed by atoms with Crippen molar-refractivity contribution in [1.82, 2.24) is 20.2 Å². The number of carbonyl (C=O) groups is 1. The molecule has 1 N–H and O–H groups in total. The lowest BCUT2D eigenvalue weighted by Crippen LogP contribution is -2.20. The first kappa shape index (κ1) is 16.2. The number of halogens is 3. The predicted octanol–water partition coefficient (Wildman–Crippen LogP) is 3.02. The molecule has 0 saturated heterocycles. The Morgan fingerprint density at radius 1 is 1.12 bits per heavy atom. The van der Waals surface area contributed by atoms with E-state index < -0.39 is 17.5 Å². The minimum Gasteiger partial charge on any atom is -0.324 e. The van der Waals surface area contributed by atoms with E-state index >= 15 is 0 Å². The standard InChI is InChI=1S/C15H10BrF2N5O/c16-10-3-1-9(2-4-10)15-20-22-23(21-15)8-14(24)19-11-5-6-12(17)13(18)7-11/h1-7H,8H2,(H,19,24). The second kappa shape index (κ2) is 6.83. The molecule has 1 aromatic heterocycles. The Labute approximate surface area is 143 Å². The van der Waals surface area contributed by atoms with Crippen molar-refractivity contribution in [3.05, 3.63) is 58.6 Å². The second-order valence-electron chi connectivity index (χ2n) is 4.83. The zero-order valence-electron chi connectivity index (χ0n) is 12.1. The van der Waals surface area contributed by atoms with Gasteiger partial charge in [0.15, 0.2) is 11.6 Å². The maximum absolute atomic E-state index is 13.1. The van der Waals surface area contributed by atoms with Crippen LogP contribution >= 0.6 is 15.9 Å². The normalized spacial score (nSPS) is 10.6. The maximum atomic E-state index is 13.1. The van der Waals surface area contributed by atoms with Gasteiger partial charge < -0.3 is 5.32 Å². The quantitative estimate of drug-likeness (QED) is 0.739. The Kier molecular flexibility index (Phi) is 4.61. The maximum Gasteiger partial charge on any atom is 0.248 e. The number of tetrazole rings is 1. The van der Waals surface area contributed by atoms with E-state index in [0.29, 0.717) is 5.82 Å². The summed E-state index contributed by atoms with van der Waals surface area (Å²) in [6.45, 7) is -0.206. The van der Waals surface area contributed by atoms with E-state index in [9.17, 15) is 13.6 Å². The molecule has 0 unspecified atom stereocenters. The first-order chi connectivity index (χ1) is 11.5. The van der Waals surface area contributed by atoms with Crippen molar-refractivity contribution in [3.8, 4) is 11.4 Å². The van der Waals surface area contributed by atoms with Crippen LogP contribution in [0.15, 0.2) is 46.9 Å². The van der Waals surface area contributed by atoms with Gasteiger partial charge in [0.1, 0.15) is 6.54 Å². The summed E-state index contributed by atoms with van der Waals surface area (Å²) in [6, 6.07) is 10.4. The van der Waals surface area contributed by atoms with E-state index in [1.807, 2.05) is 24.3 Å². The minimum absolute atomic E-state index is 0.146. The number of hydrogen-bond donors (Lipinski definition) is 1. The molecule has 0 aliphatic rings. The molecule has 6 nitrogen and oxygen atoms in total. The van der Waals surface area contributed by atoms with E-state index in [1.165, 1.54) is 6.07 Å². The molecule has 0 aliphatic carbocycles. The SMILES string of the molecule is O=C(Cn1nnc(-c2ccc(Br)cc2)n1)Nc1ccc(F)c(F)c1. The Morgan fingerprint density at radius 3 is 2.58 bits per heavy atom. The summed E-state index contributed by atoms with van der Waals surface area (Å²) in [5.74, 6) is -2.13. The summed E-state index contributed by atoms with van der Waals surface area (Å²) in [7, 11) is 0. The van der Waals surface area contributed by atoms with Crippen LogP contribution in [-0.4, -0.2) is 26.1 Å².